The molecule has 0 saturated heterocycles. The molecule has 0 radical (unpaired) electrons. The molecule has 0 aliphatic rings. The first kappa shape index (κ1) is 22.4. The van der Waals surface area contributed by atoms with Gasteiger partial charge < -0.3 is 9.80 Å². The largest absolute Gasteiger partial charge is 0.322 e. The van der Waals surface area contributed by atoms with Gasteiger partial charge in [-0.05, 0) is 42.5 Å². The van der Waals surface area contributed by atoms with Crippen molar-refractivity contribution in [3.63, 3.8) is 0 Å². The molecule has 1 aromatic carbocycles. The van der Waals surface area contributed by atoms with E-state index in [0.29, 0.717) is 4.88 Å². The van der Waals surface area contributed by atoms with Crippen LogP contribution in [0, 0.1) is 0 Å². The van der Waals surface area contributed by atoms with E-state index in [0.717, 1.165) is 36.2 Å². The van der Waals surface area contributed by atoms with Gasteiger partial charge in [0.2, 0.25) is 6.41 Å². The van der Waals surface area contributed by atoms with Gasteiger partial charge in [0.25, 0.3) is 5.91 Å². The molecule has 152 valence electrons. The van der Waals surface area contributed by atoms with Gasteiger partial charge in [-0.25, -0.2) is 0 Å². The van der Waals surface area contributed by atoms with Crippen molar-refractivity contribution in [2.45, 2.75) is 32.7 Å². The number of allylic oxidation sites excluding steroid dienone is 3. The second-order valence-electron chi connectivity index (χ2n) is 6.64. The Hall–Kier alpha value is -2.92. The summed E-state index contributed by atoms with van der Waals surface area (Å²) in [7, 11) is 1.72. The van der Waals surface area contributed by atoms with Crippen molar-refractivity contribution in [1.29, 1.82) is 0 Å². The third-order valence-electron chi connectivity index (χ3n) is 4.73. The van der Waals surface area contributed by atoms with Crippen LogP contribution in [-0.2, 0) is 4.79 Å². The van der Waals surface area contributed by atoms with E-state index in [4.69, 9.17) is 0 Å². The topological polar surface area (TPSA) is 40.6 Å². The number of amides is 2. The average Bonchev–Trinajstić information content (AvgIpc) is 3.29. The number of nitrogens with zero attached hydrogens (tertiary/aromatic N) is 2. The van der Waals surface area contributed by atoms with Crippen LogP contribution in [0.2, 0.25) is 0 Å². The third-order valence-corrected chi connectivity index (χ3v) is 5.59. The van der Waals surface area contributed by atoms with Gasteiger partial charge in [-0.15, -0.1) is 11.3 Å². The van der Waals surface area contributed by atoms with Crippen LogP contribution in [0.1, 0.15) is 36.4 Å². The molecule has 0 fully saturated rings. The second kappa shape index (κ2) is 11.2. The molecule has 0 saturated carbocycles. The fraction of sp³-hybridized carbons (Fsp3) is 0.250. The predicted molar refractivity (Wildman–Crippen MR) is 122 cm³/mol. The van der Waals surface area contributed by atoms with Gasteiger partial charge in [0, 0.05) is 18.4 Å². The molecule has 1 atom stereocenters. The molecule has 2 amide bonds. The minimum absolute atomic E-state index is 0.0456. The van der Waals surface area contributed by atoms with Gasteiger partial charge in [0.15, 0.2) is 0 Å². The van der Waals surface area contributed by atoms with Crippen LogP contribution < -0.4 is 4.90 Å². The molecule has 2 aromatic rings. The molecule has 1 heterocycles. The highest BCUT2D eigenvalue weighted by atomic mass is 32.1. The number of rotatable bonds is 10. The summed E-state index contributed by atoms with van der Waals surface area (Å²) in [6, 6.07) is 13.2. The van der Waals surface area contributed by atoms with Crippen LogP contribution in [0.15, 0.2) is 83.9 Å². The predicted octanol–water partition coefficient (Wildman–Crippen LogP) is 5.67. The van der Waals surface area contributed by atoms with E-state index in [1.165, 1.54) is 11.3 Å². The smallest absolute Gasteiger partial charge is 0.268 e. The molecule has 4 nitrogen and oxygen atoms in total. The van der Waals surface area contributed by atoms with Crippen molar-refractivity contribution in [3.05, 3.63) is 88.8 Å². The molecule has 0 aliphatic carbocycles. The highest BCUT2D eigenvalue weighted by molar-refractivity contribution is 7.12. The number of anilines is 1. The summed E-state index contributed by atoms with van der Waals surface area (Å²) in [5.74, 6) is -0.0456. The second-order valence-corrected chi connectivity index (χ2v) is 7.59. The standard InChI is InChI=1S/C24H28N2O2S/c1-5-7-15-21(19(3)25(4)18-27)22(12-6-2)26(20-13-9-8-10-14-20)24(28)23-16-11-17-29-23/h5,7-11,13-18,22H,1,6,12H2,2-4H3/b15-7-,21-19-. The van der Waals surface area contributed by atoms with Gasteiger partial charge in [-0.3, -0.25) is 9.59 Å². The van der Waals surface area contributed by atoms with E-state index < -0.39 is 0 Å². The molecular weight excluding hydrogens is 380 g/mol. The maximum absolute atomic E-state index is 13.5. The summed E-state index contributed by atoms with van der Waals surface area (Å²) >= 11 is 1.43. The van der Waals surface area contributed by atoms with Crippen molar-refractivity contribution in [2.24, 2.45) is 0 Å². The summed E-state index contributed by atoms with van der Waals surface area (Å²) in [6.45, 7) is 7.77. The van der Waals surface area contributed by atoms with Crippen LogP contribution >= 0.6 is 11.3 Å². The van der Waals surface area contributed by atoms with Crippen molar-refractivity contribution in [3.8, 4) is 0 Å². The van der Waals surface area contributed by atoms with E-state index in [2.05, 4.69) is 13.5 Å². The molecule has 2 rings (SSSR count). The van der Waals surface area contributed by atoms with Gasteiger partial charge in [-0.2, -0.15) is 0 Å². The first-order valence-corrected chi connectivity index (χ1v) is 10.5. The Morgan fingerprint density at radius 2 is 1.93 bits per heavy atom. The molecule has 29 heavy (non-hydrogen) atoms. The molecule has 0 N–H and O–H groups in total. The fourth-order valence-corrected chi connectivity index (χ4v) is 3.83. The molecule has 1 aromatic heterocycles. The van der Waals surface area contributed by atoms with Gasteiger partial charge >= 0.3 is 0 Å². The van der Waals surface area contributed by atoms with E-state index >= 15 is 0 Å². The number of carbonyl (C=O) groups excluding carboxylic acids is 2. The SMILES string of the molecule is C=C/C=C\C(=C(/C)N(C)C=O)C(CCC)N(C(=O)c1cccs1)c1ccccc1. The van der Waals surface area contributed by atoms with E-state index in [-0.39, 0.29) is 11.9 Å². The summed E-state index contributed by atoms with van der Waals surface area (Å²) in [5.41, 5.74) is 2.54. The Labute approximate surface area is 177 Å². The van der Waals surface area contributed by atoms with Crippen LogP contribution in [-0.4, -0.2) is 30.3 Å². The van der Waals surface area contributed by atoms with Gasteiger partial charge in [0.05, 0.1) is 10.9 Å². The molecule has 1 unspecified atom stereocenters. The minimum Gasteiger partial charge on any atom is -0.322 e. The quantitative estimate of drug-likeness (QED) is 0.375. The van der Waals surface area contributed by atoms with Crippen LogP contribution in [0.25, 0.3) is 0 Å². The maximum Gasteiger partial charge on any atom is 0.268 e. The van der Waals surface area contributed by atoms with Crippen LogP contribution in [0.3, 0.4) is 0 Å². The third kappa shape index (κ3) is 5.55. The highest BCUT2D eigenvalue weighted by Crippen LogP contribution is 2.30. The summed E-state index contributed by atoms with van der Waals surface area (Å²) in [5, 5.41) is 1.91. The van der Waals surface area contributed by atoms with E-state index in [1.807, 2.05) is 71.8 Å². The summed E-state index contributed by atoms with van der Waals surface area (Å²) < 4.78 is 0. The van der Waals surface area contributed by atoms with Crippen molar-refractivity contribution >= 4 is 29.3 Å². The lowest BCUT2D eigenvalue weighted by atomic mass is 9.96. The van der Waals surface area contributed by atoms with E-state index in [1.54, 1.807) is 18.0 Å². The first-order chi connectivity index (χ1) is 14.0. The zero-order valence-electron chi connectivity index (χ0n) is 17.2. The fourth-order valence-electron chi connectivity index (χ4n) is 3.17. The summed E-state index contributed by atoms with van der Waals surface area (Å²) in [4.78, 5) is 29.1. The zero-order valence-corrected chi connectivity index (χ0v) is 18.1. The minimum atomic E-state index is -0.226. The van der Waals surface area contributed by atoms with Gasteiger partial charge in [-0.1, -0.05) is 62.4 Å². The monoisotopic (exact) mass is 408 g/mol. The molecule has 0 bridgehead atoms. The molecular formula is C24H28N2O2S. The van der Waals surface area contributed by atoms with Crippen LogP contribution in [0.5, 0.6) is 0 Å². The average molecular weight is 409 g/mol. The number of para-hydroxylation sites is 1. The number of hydrogen-bond acceptors (Lipinski definition) is 3. The number of carbonyl (C=O) groups is 2. The van der Waals surface area contributed by atoms with Crippen LogP contribution in [0.4, 0.5) is 5.69 Å². The maximum atomic E-state index is 13.5. The lowest BCUT2D eigenvalue weighted by Gasteiger charge is -2.34. The first-order valence-electron chi connectivity index (χ1n) is 9.65. The Morgan fingerprint density at radius 1 is 1.21 bits per heavy atom. The lowest BCUT2D eigenvalue weighted by molar-refractivity contribution is -0.115. The zero-order chi connectivity index (χ0) is 21.2. The molecule has 0 spiro atoms. The molecule has 0 aliphatic heterocycles. The lowest BCUT2D eigenvalue weighted by Crippen LogP contribution is -2.42. The molecule has 5 heteroatoms. The highest BCUT2D eigenvalue weighted by Gasteiger charge is 2.29. The Balaban J connectivity index is 2.69. The summed E-state index contributed by atoms with van der Waals surface area (Å²) in [6.07, 6.45) is 7.92. The normalized spacial score (nSPS) is 12.9. The van der Waals surface area contributed by atoms with Crippen molar-refractivity contribution in [1.82, 2.24) is 4.90 Å². The number of hydrogen-bond donors (Lipinski definition) is 0. The Morgan fingerprint density at radius 3 is 2.48 bits per heavy atom. The number of benzene rings is 1. The van der Waals surface area contributed by atoms with E-state index in [9.17, 15) is 9.59 Å². The number of thiophene rings is 1. The van der Waals surface area contributed by atoms with Gasteiger partial charge in [0.1, 0.15) is 0 Å². The Bertz CT molecular complexity index is 870. The van der Waals surface area contributed by atoms with Crippen molar-refractivity contribution < 1.29 is 9.59 Å². The van der Waals surface area contributed by atoms with Crippen molar-refractivity contribution in [2.75, 3.05) is 11.9 Å². The Kier molecular flexibility index (Phi) is 8.62.